The minimum Gasteiger partial charge on any atom is -0.398 e. The van der Waals surface area contributed by atoms with Crippen LogP contribution >= 0.6 is 11.6 Å². The Labute approximate surface area is 253 Å². The van der Waals surface area contributed by atoms with E-state index in [-0.39, 0.29) is 55.6 Å². The minimum atomic E-state index is -3.96. The number of nitrogens with one attached hydrogen (secondary N) is 2. The smallest absolute Gasteiger partial charge is 0.252 e. The number of amides is 2. The summed E-state index contributed by atoms with van der Waals surface area (Å²) in [7, 11) is -3.96. The number of rotatable bonds is 9. The van der Waals surface area contributed by atoms with E-state index in [0.29, 0.717) is 30.0 Å². The van der Waals surface area contributed by atoms with Gasteiger partial charge >= 0.3 is 0 Å². The van der Waals surface area contributed by atoms with Gasteiger partial charge in [-0.2, -0.15) is 0 Å². The lowest BCUT2D eigenvalue weighted by molar-refractivity contribution is 0.0935. The molecule has 1 aliphatic rings. The number of carbonyl (C=O) groups is 4. The lowest BCUT2D eigenvalue weighted by Crippen LogP contribution is -2.28. The average Bonchev–Trinajstić information content (AvgIpc) is 3.02. The van der Waals surface area contributed by atoms with Crippen LogP contribution in [0, 0.1) is 0 Å². The lowest BCUT2D eigenvalue weighted by Gasteiger charge is -2.19. The van der Waals surface area contributed by atoms with Crippen molar-refractivity contribution >= 4 is 50.5 Å². The Morgan fingerprint density at radius 3 is 2.02 bits per heavy atom. The Balaban J connectivity index is 1.14. The average molecular weight is 616 g/mol. The Hall–Kier alpha value is -4.80. The van der Waals surface area contributed by atoms with Crippen LogP contribution in [0.3, 0.4) is 0 Å². The maximum Gasteiger partial charge on any atom is 0.252 e. The molecule has 5 rings (SSSR count). The summed E-state index contributed by atoms with van der Waals surface area (Å²) in [6.07, 6.45) is 1.05. The molecule has 218 valence electrons. The molecule has 0 bridgehead atoms. The first-order valence-corrected chi connectivity index (χ1v) is 15.2. The zero-order valence-corrected chi connectivity index (χ0v) is 24.3. The quantitative estimate of drug-likeness (QED) is 0.126. The zero-order valence-electron chi connectivity index (χ0n) is 22.7. The second-order valence-electron chi connectivity index (χ2n) is 9.87. The van der Waals surface area contributed by atoms with Gasteiger partial charge in [-0.3, -0.25) is 19.2 Å². The molecule has 2 amide bonds. The summed E-state index contributed by atoms with van der Waals surface area (Å²) >= 11 is 5.95. The third-order valence-corrected chi connectivity index (χ3v) is 9.24. The lowest BCUT2D eigenvalue weighted by atomic mass is 9.97. The van der Waals surface area contributed by atoms with E-state index in [1.54, 1.807) is 42.5 Å². The van der Waals surface area contributed by atoms with Gasteiger partial charge in [-0.25, -0.2) is 8.42 Å². The maximum absolute atomic E-state index is 13.1. The number of ketones is 2. The van der Waals surface area contributed by atoms with E-state index in [1.165, 1.54) is 42.5 Å². The molecule has 4 aromatic rings. The number of nitrogen functional groups attached to an aromatic ring is 1. The third kappa shape index (κ3) is 5.93. The number of halogens is 1. The molecule has 4 N–H and O–H groups in total. The van der Waals surface area contributed by atoms with Crippen molar-refractivity contribution in [3.8, 4) is 0 Å². The van der Waals surface area contributed by atoms with Gasteiger partial charge in [-0.1, -0.05) is 41.9 Å². The molecule has 0 aliphatic carbocycles. The molecular formula is C32H26ClN3O6S. The molecule has 11 heteroatoms. The van der Waals surface area contributed by atoms with Gasteiger partial charge in [0.15, 0.2) is 11.6 Å². The number of fused-ring (bicyclic) bond motifs is 2. The highest BCUT2D eigenvalue weighted by atomic mass is 35.5. The van der Waals surface area contributed by atoms with E-state index in [0.717, 1.165) is 0 Å². The summed E-state index contributed by atoms with van der Waals surface area (Å²) in [4.78, 5) is 51.2. The van der Waals surface area contributed by atoms with Crippen LogP contribution in [0.2, 0.25) is 5.02 Å². The predicted octanol–water partition coefficient (Wildman–Crippen LogP) is 4.47. The number of nitrogens with two attached hydrogens (primary N) is 1. The van der Waals surface area contributed by atoms with Gasteiger partial charge in [0.05, 0.1) is 26.1 Å². The largest absolute Gasteiger partial charge is 0.398 e. The second kappa shape index (κ2) is 12.2. The minimum absolute atomic E-state index is 0.0339. The fourth-order valence-electron chi connectivity index (χ4n) is 4.80. The van der Waals surface area contributed by atoms with Crippen molar-refractivity contribution in [2.75, 3.05) is 18.8 Å². The molecule has 0 unspecified atom stereocenters. The molecule has 9 nitrogen and oxygen atoms in total. The standard InChI is InChI=1S/C32H26ClN3O6S/c33-25-14-12-19(17-26(25)34)29(37)21-7-1-2-8-22(21)32(40)36-16-6-5-15-35-31(39)20-11-13-24-28(18-20)43(41,42)27-10-4-3-9-23(27)30(24)38/h1-4,7-14,17-18H,5-6,15-16,34H2,(H,35,39)(H,36,40). The number of carbonyl (C=O) groups excluding carboxylic acids is 4. The number of sulfone groups is 1. The van der Waals surface area contributed by atoms with Gasteiger partial charge in [0.25, 0.3) is 11.8 Å². The highest BCUT2D eigenvalue weighted by Gasteiger charge is 2.35. The van der Waals surface area contributed by atoms with E-state index in [1.807, 2.05) is 0 Å². The van der Waals surface area contributed by atoms with Gasteiger partial charge in [0, 0.05) is 40.9 Å². The van der Waals surface area contributed by atoms with Crippen molar-refractivity contribution in [1.29, 1.82) is 0 Å². The normalized spacial score (nSPS) is 13.0. The number of anilines is 1. The fourth-order valence-corrected chi connectivity index (χ4v) is 6.59. The van der Waals surface area contributed by atoms with Crippen LogP contribution in [0.15, 0.2) is 94.7 Å². The van der Waals surface area contributed by atoms with E-state index in [2.05, 4.69) is 10.6 Å². The van der Waals surface area contributed by atoms with E-state index in [9.17, 15) is 27.6 Å². The molecule has 4 aromatic carbocycles. The molecule has 1 heterocycles. The summed E-state index contributed by atoms with van der Waals surface area (Å²) in [5, 5.41) is 5.86. The van der Waals surface area contributed by atoms with Crippen molar-refractivity contribution in [3.63, 3.8) is 0 Å². The zero-order chi connectivity index (χ0) is 30.7. The molecule has 0 aromatic heterocycles. The van der Waals surface area contributed by atoms with Crippen molar-refractivity contribution in [1.82, 2.24) is 10.6 Å². The van der Waals surface area contributed by atoms with Gasteiger partial charge in [0.2, 0.25) is 9.84 Å². The van der Waals surface area contributed by atoms with Crippen molar-refractivity contribution < 1.29 is 27.6 Å². The van der Waals surface area contributed by atoms with Gasteiger partial charge in [-0.05, 0) is 67.4 Å². The van der Waals surface area contributed by atoms with Crippen LogP contribution in [0.25, 0.3) is 0 Å². The maximum atomic E-state index is 13.1. The molecule has 0 saturated carbocycles. The summed E-state index contributed by atoms with van der Waals surface area (Å²) < 4.78 is 26.2. The predicted molar refractivity (Wildman–Crippen MR) is 161 cm³/mol. The van der Waals surface area contributed by atoms with Crippen LogP contribution < -0.4 is 16.4 Å². The summed E-state index contributed by atoms with van der Waals surface area (Å²) in [5.41, 5.74) is 7.11. The van der Waals surface area contributed by atoms with Crippen LogP contribution in [0.1, 0.15) is 65.4 Å². The van der Waals surface area contributed by atoms with Crippen LogP contribution in [-0.2, 0) is 9.84 Å². The van der Waals surface area contributed by atoms with Gasteiger partial charge in [-0.15, -0.1) is 0 Å². The van der Waals surface area contributed by atoms with Gasteiger partial charge in [0.1, 0.15) is 0 Å². The SMILES string of the molecule is Nc1cc(C(=O)c2ccccc2C(=O)NCCCCNC(=O)c2ccc3c(c2)S(=O)(=O)c2ccccc2C3=O)ccc1Cl. The fraction of sp³-hybridized carbons (Fsp3) is 0.125. The number of hydrogen-bond acceptors (Lipinski definition) is 7. The highest BCUT2D eigenvalue weighted by molar-refractivity contribution is 7.91. The Bertz CT molecular complexity index is 1910. The second-order valence-corrected chi connectivity index (χ2v) is 12.2. The molecule has 1 aliphatic heterocycles. The van der Waals surface area contributed by atoms with Crippen molar-refractivity contribution in [2.24, 2.45) is 0 Å². The summed E-state index contributed by atoms with van der Waals surface area (Å²) in [6.45, 7) is 0.567. The third-order valence-electron chi connectivity index (χ3n) is 7.05. The number of benzene rings is 4. The number of hydrogen-bond donors (Lipinski definition) is 3. The number of unbranched alkanes of at least 4 members (excludes halogenated alkanes) is 1. The topological polar surface area (TPSA) is 152 Å². The van der Waals surface area contributed by atoms with Crippen LogP contribution in [0.4, 0.5) is 5.69 Å². The van der Waals surface area contributed by atoms with E-state index in [4.69, 9.17) is 17.3 Å². The highest BCUT2D eigenvalue weighted by Crippen LogP contribution is 2.34. The Morgan fingerprint density at radius 2 is 1.30 bits per heavy atom. The molecule has 0 spiro atoms. The molecule has 43 heavy (non-hydrogen) atoms. The first-order valence-electron chi connectivity index (χ1n) is 13.4. The van der Waals surface area contributed by atoms with E-state index >= 15 is 0 Å². The molecule has 0 fully saturated rings. The molecule has 0 saturated heterocycles. The van der Waals surface area contributed by atoms with Gasteiger partial charge < -0.3 is 16.4 Å². The van der Waals surface area contributed by atoms with Crippen molar-refractivity contribution in [3.05, 3.63) is 123 Å². The first-order chi connectivity index (χ1) is 20.6. The van der Waals surface area contributed by atoms with Crippen molar-refractivity contribution in [2.45, 2.75) is 22.6 Å². The Morgan fingerprint density at radius 1 is 0.698 bits per heavy atom. The summed E-state index contributed by atoms with van der Waals surface area (Å²) in [5.74, 6) is -1.67. The van der Waals surface area contributed by atoms with Crippen LogP contribution in [-0.4, -0.2) is 44.9 Å². The summed E-state index contributed by atoms with van der Waals surface area (Å²) in [6, 6.07) is 21.0. The molecular weight excluding hydrogens is 590 g/mol. The van der Waals surface area contributed by atoms with E-state index < -0.39 is 27.4 Å². The molecule has 0 radical (unpaired) electrons. The Kier molecular flexibility index (Phi) is 8.43. The first kappa shape index (κ1) is 29.7. The monoisotopic (exact) mass is 615 g/mol. The molecule has 0 atom stereocenters. The van der Waals surface area contributed by atoms with Crippen LogP contribution in [0.5, 0.6) is 0 Å².